The molecule has 1 saturated heterocycles. The lowest BCUT2D eigenvalue weighted by molar-refractivity contribution is 0.0633. The zero-order valence-electron chi connectivity index (χ0n) is 12.4. The van der Waals surface area contributed by atoms with Gasteiger partial charge < -0.3 is 10.2 Å². The highest BCUT2D eigenvalue weighted by molar-refractivity contribution is 5.94. The maximum Gasteiger partial charge on any atom is 0.254 e. The quantitative estimate of drug-likeness (QED) is 0.925. The summed E-state index contributed by atoms with van der Waals surface area (Å²) in [7, 11) is 0. The number of piperazine rings is 1. The lowest BCUT2D eigenvalue weighted by Gasteiger charge is -2.36. The molecule has 1 aliphatic rings. The summed E-state index contributed by atoms with van der Waals surface area (Å²) in [5, 5.41) is 3.29. The Hall–Kier alpha value is -2.27. The van der Waals surface area contributed by atoms with Crippen molar-refractivity contribution < 1.29 is 9.18 Å². The summed E-state index contributed by atoms with van der Waals surface area (Å²) in [5.74, 6) is -0.492. The largest absolute Gasteiger partial charge is 0.329 e. The normalized spacial score (nSPS) is 18.3. The van der Waals surface area contributed by atoms with Crippen molar-refractivity contribution in [1.29, 1.82) is 0 Å². The Bertz CT molecular complexity index is 675. The second-order valence-corrected chi connectivity index (χ2v) is 5.47. The van der Waals surface area contributed by atoms with Gasteiger partial charge in [0.25, 0.3) is 5.91 Å². The van der Waals surface area contributed by atoms with Gasteiger partial charge in [0.1, 0.15) is 5.82 Å². The van der Waals surface area contributed by atoms with Crippen LogP contribution in [0.25, 0.3) is 0 Å². The summed E-state index contributed by atoms with van der Waals surface area (Å²) in [4.78, 5) is 18.7. The van der Waals surface area contributed by atoms with Gasteiger partial charge in [-0.25, -0.2) is 4.39 Å². The summed E-state index contributed by atoms with van der Waals surface area (Å²) in [6.07, 6.45) is 3.48. The highest BCUT2D eigenvalue weighted by Gasteiger charge is 2.28. The minimum Gasteiger partial charge on any atom is -0.329 e. The summed E-state index contributed by atoms with van der Waals surface area (Å²) < 4.78 is 13.7. The second-order valence-electron chi connectivity index (χ2n) is 5.47. The van der Waals surface area contributed by atoms with Gasteiger partial charge in [0, 0.05) is 37.6 Å². The minimum absolute atomic E-state index is 0.0840. The molecule has 0 saturated carbocycles. The number of nitrogens with one attached hydrogen (secondary N) is 1. The first kappa shape index (κ1) is 14.7. The van der Waals surface area contributed by atoms with Crippen molar-refractivity contribution in [3.05, 3.63) is 65.2 Å². The Kier molecular flexibility index (Phi) is 4.15. The number of amides is 1. The predicted octanol–water partition coefficient (Wildman–Crippen LogP) is 2.32. The number of carbonyl (C=O) groups is 1. The lowest BCUT2D eigenvalue weighted by Crippen LogP contribution is -2.48. The Morgan fingerprint density at radius 3 is 3.00 bits per heavy atom. The molecule has 1 atom stereocenters. The summed E-state index contributed by atoms with van der Waals surface area (Å²) >= 11 is 0. The fourth-order valence-corrected chi connectivity index (χ4v) is 2.71. The molecule has 22 heavy (non-hydrogen) atoms. The molecule has 0 bridgehead atoms. The standard InChI is InChI=1S/C17H18FN3O/c1-12-4-5-13(9-15(12)18)17(22)21-8-7-20-11-16(21)14-3-2-6-19-10-14/h2-6,9-10,16,20H,7-8,11H2,1H3. The number of benzene rings is 1. The number of aromatic nitrogens is 1. The first-order chi connectivity index (χ1) is 10.7. The molecular formula is C17H18FN3O. The predicted molar refractivity (Wildman–Crippen MR) is 82.0 cm³/mol. The number of halogens is 1. The van der Waals surface area contributed by atoms with E-state index >= 15 is 0 Å². The SMILES string of the molecule is Cc1ccc(C(=O)N2CCNCC2c2cccnc2)cc1F. The first-order valence-electron chi connectivity index (χ1n) is 7.34. The van der Waals surface area contributed by atoms with Crippen molar-refractivity contribution in [2.45, 2.75) is 13.0 Å². The molecular weight excluding hydrogens is 281 g/mol. The average Bonchev–Trinajstić information content (AvgIpc) is 2.57. The Labute approximate surface area is 129 Å². The molecule has 1 N–H and O–H groups in total. The van der Waals surface area contributed by atoms with E-state index in [1.54, 1.807) is 36.4 Å². The molecule has 4 nitrogen and oxygen atoms in total. The van der Waals surface area contributed by atoms with Crippen molar-refractivity contribution in [3.63, 3.8) is 0 Å². The Balaban J connectivity index is 1.90. The van der Waals surface area contributed by atoms with E-state index in [2.05, 4.69) is 10.3 Å². The van der Waals surface area contributed by atoms with Crippen LogP contribution in [0.2, 0.25) is 0 Å². The Morgan fingerprint density at radius 1 is 1.41 bits per heavy atom. The molecule has 1 aliphatic heterocycles. The summed E-state index contributed by atoms with van der Waals surface area (Å²) in [6, 6.07) is 8.38. The van der Waals surface area contributed by atoms with Gasteiger partial charge in [-0.2, -0.15) is 0 Å². The van der Waals surface area contributed by atoms with E-state index < -0.39 is 0 Å². The van der Waals surface area contributed by atoms with Crippen molar-refractivity contribution in [2.75, 3.05) is 19.6 Å². The van der Waals surface area contributed by atoms with Crippen molar-refractivity contribution in [1.82, 2.24) is 15.2 Å². The van der Waals surface area contributed by atoms with Crippen molar-refractivity contribution in [3.8, 4) is 0 Å². The van der Waals surface area contributed by atoms with Gasteiger partial charge in [-0.05, 0) is 36.2 Å². The van der Waals surface area contributed by atoms with Crippen LogP contribution >= 0.6 is 0 Å². The van der Waals surface area contributed by atoms with Gasteiger partial charge in [0.2, 0.25) is 0 Å². The van der Waals surface area contributed by atoms with E-state index in [9.17, 15) is 9.18 Å². The van der Waals surface area contributed by atoms with E-state index in [1.807, 2.05) is 12.1 Å². The van der Waals surface area contributed by atoms with Gasteiger partial charge in [-0.3, -0.25) is 9.78 Å². The molecule has 1 fully saturated rings. The minimum atomic E-state index is -0.348. The molecule has 0 radical (unpaired) electrons. The molecule has 1 amide bonds. The van der Waals surface area contributed by atoms with Gasteiger partial charge in [0.15, 0.2) is 0 Å². The molecule has 3 rings (SSSR count). The molecule has 0 aliphatic carbocycles. The third kappa shape index (κ3) is 2.85. The lowest BCUT2D eigenvalue weighted by atomic mass is 10.0. The first-order valence-corrected chi connectivity index (χ1v) is 7.34. The van der Waals surface area contributed by atoms with Crippen LogP contribution in [0.5, 0.6) is 0 Å². The average molecular weight is 299 g/mol. The topological polar surface area (TPSA) is 45.2 Å². The Morgan fingerprint density at radius 2 is 2.27 bits per heavy atom. The van der Waals surface area contributed by atoms with Crippen LogP contribution in [0, 0.1) is 12.7 Å². The maximum absolute atomic E-state index is 13.7. The molecule has 5 heteroatoms. The van der Waals surface area contributed by atoms with Crippen LogP contribution in [0.4, 0.5) is 4.39 Å². The second kappa shape index (κ2) is 6.23. The van der Waals surface area contributed by atoms with E-state index in [0.29, 0.717) is 24.2 Å². The number of carbonyl (C=O) groups excluding carboxylic acids is 1. The van der Waals surface area contributed by atoms with Crippen molar-refractivity contribution in [2.24, 2.45) is 0 Å². The molecule has 2 aromatic rings. The van der Waals surface area contributed by atoms with E-state index in [4.69, 9.17) is 0 Å². The smallest absolute Gasteiger partial charge is 0.254 e. The van der Waals surface area contributed by atoms with Gasteiger partial charge >= 0.3 is 0 Å². The van der Waals surface area contributed by atoms with E-state index in [0.717, 1.165) is 12.1 Å². The molecule has 0 spiro atoms. The van der Waals surface area contributed by atoms with Crippen molar-refractivity contribution >= 4 is 5.91 Å². The van der Waals surface area contributed by atoms with E-state index in [1.165, 1.54) is 6.07 Å². The molecule has 1 aromatic heterocycles. The molecule has 2 heterocycles. The fraction of sp³-hybridized carbons (Fsp3) is 0.294. The number of pyridine rings is 1. The highest BCUT2D eigenvalue weighted by Crippen LogP contribution is 2.24. The number of hydrogen-bond donors (Lipinski definition) is 1. The summed E-state index contributed by atoms with van der Waals surface area (Å²) in [5.41, 5.74) is 1.91. The monoisotopic (exact) mass is 299 g/mol. The van der Waals surface area contributed by atoms with Gasteiger partial charge in [-0.15, -0.1) is 0 Å². The molecule has 1 aromatic carbocycles. The van der Waals surface area contributed by atoms with Crippen LogP contribution < -0.4 is 5.32 Å². The van der Waals surface area contributed by atoms with Crippen LogP contribution in [0.3, 0.4) is 0 Å². The fourth-order valence-electron chi connectivity index (χ4n) is 2.71. The zero-order valence-corrected chi connectivity index (χ0v) is 12.4. The van der Waals surface area contributed by atoms with E-state index in [-0.39, 0.29) is 17.8 Å². The molecule has 1 unspecified atom stereocenters. The highest BCUT2D eigenvalue weighted by atomic mass is 19.1. The number of rotatable bonds is 2. The number of aryl methyl sites for hydroxylation is 1. The van der Waals surface area contributed by atoms with Crippen LogP contribution in [0.15, 0.2) is 42.7 Å². The van der Waals surface area contributed by atoms with Crippen LogP contribution in [-0.2, 0) is 0 Å². The zero-order chi connectivity index (χ0) is 15.5. The van der Waals surface area contributed by atoms with Crippen LogP contribution in [0.1, 0.15) is 27.5 Å². The van der Waals surface area contributed by atoms with Gasteiger partial charge in [0.05, 0.1) is 6.04 Å². The number of hydrogen-bond acceptors (Lipinski definition) is 3. The summed E-state index contributed by atoms with van der Waals surface area (Å²) in [6.45, 7) is 3.68. The molecule has 114 valence electrons. The maximum atomic E-state index is 13.7. The third-order valence-corrected chi connectivity index (χ3v) is 3.99. The number of nitrogens with zero attached hydrogens (tertiary/aromatic N) is 2. The van der Waals surface area contributed by atoms with Crippen LogP contribution in [-0.4, -0.2) is 35.4 Å². The van der Waals surface area contributed by atoms with Gasteiger partial charge in [-0.1, -0.05) is 12.1 Å². The third-order valence-electron chi connectivity index (χ3n) is 3.99.